The summed E-state index contributed by atoms with van der Waals surface area (Å²) in [7, 11) is 5.20. The van der Waals surface area contributed by atoms with Crippen molar-refractivity contribution in [1.82, 2.24) is 9.80 Å². The molecule has 0 spiro atoms. The van der Waals surface area contributed by atoms with E-state index in [4.69, 9.17) is 4.74 Å². The van der Waals surface area contributed by atoms with E-state index in [2.05, 4.69) is 0 Å². The van der Waals surface area contributed by atoms with Crippen LogP contribution in [-0.4, -0.2) is 48.8 Å². The Morgan fingerprint density at radius 1 is 1.30 bits per heavy atom. The Morgan fingerprint density at radius 2 is 2.00 bits per heavy atom. The Hall–Kier alpha value is -1.79. The van der Waals surface area contributed by atoms with Gasteiger partial charge in [-0.3, -0.25) is 19.4 Å². The molecule has 2 rings (SSSR count). The predicted octanol–water partition coefficient (Wildman–Crippen LogP) is 2.25. The molecule has 2 amide bonds. The third-order valence-corrected chi connectivity index (χ3v) is 3.63. The number of para-hydroxylation sites is 1. The average Bonchev–Trinajstić information content (AvgIpc) is 2.67. The van der Waals surface area contributed by atoms with Crippen LogP contribution >= 0.6 is 11.8 Å². The monoisotopic (exact) mass is 292 g/mol. The number of carbonyl (C=O) groups is 2. The van der Waals surface area contributed by atoms with Crippen molar-refractivity contribution in [2.24, 2.45) is 0 Å². The van der Waals surface area contributed by atoms with Gasteiger partial charge in [-0.05, 0) is 38.0 Å². The van der Waals surface area contributed by atoms with E-state index in [0.29, 0.717) is 10.7 Å². The van der Waals surface area contributed by atoms with Crippen LogP contribution in [0.3, 0.4) is 0 Å². The first-order chi connectivity index (χ1) is 9.52. The molecule has 1 saturated heterocycles. The van der Waals surface area contributed by atoms with Crippen molar-refractivity contribution < 1.29 is 14.3 Å². The summed E-state index contributed by atoms with van der Waals surface area (Å²) in [5, 5.41) is -0.246. The number of nitrogens with zero attached hydrogens (tertiary/aromatic N) is 2. The summed E-state index contributed by atoms with van der Waals surface area (Å²) in [5.41, 5.74) is 0.783. The van der Waals surface area contributed by atoms with Crippen LogP contribution in [0, 0.1) is 0 Å². The lowest BCUT2D eigenvalue weighted by Gasteiger charge is -2.17. The molecular formula is C14H16N2O3S. The number of rotatable bonds is 4. The second-order valence-electron chi connectivity index (χ2n) is 4.57. The van der Waals surface area contributed by atoms with Gasteiger partial charge < -0.3 is 4.74 Å². The van der Waals surface area contributed by atoms with Crippen molar-refractivity contribution in [2.45, 2.75) is 0 Å². The molecule has 0 aromatic heterocycles. The van der Waals surface area contributed by atoms with Crippen LogP contribution in [0.25, 0.3) is 6.08 Å². The largest absolute Gasteiger partial charge is 0.496 e. The van der Waals surface area contributed by atoms with Gasteiger partial charge in [0.2, 0.25) is 0 Å². The molecule has 1 aliphatic heterocycles. The van der Waals surface area contributed by atoms with E-state index < -0.39 is 0 Å². The van der Waals surface area contributed by atoms with Crippen molar-refractivity contribution in [3.63, 3.8) is 0 Å². The second-order valence-corrected chi connectivity index (χ2v) is 5.57. The zero-order valence-corrected chi connectivity index (χ0v) is 12.4. The SMILES string of the molecule is COc1ccccc1C=C1SC(=O)N(CN(C)C)C1=O. The summed E-state index contributed by atoms with van der Waals surface area (Å²) in [6, 6.07) is 7.38. The summed E-state index contributed by atoms with van der Waals surface area (Å²) in [5.74, 6) is 0.409. The van der Waals surface area contributed by atoms with Gasteiger partial charge in [0.1, 0.15) is 5.75 Å². The average molecular weight is 292 g/mol. The minimum absolute atomic E-state index is 0.246. The third kappa shape index (κ3) is 3.02. The zero-order chi connectivity index (χ0) is 14.7. The fourth-order valence-corrected chi connectivity index (χ4v) is 2.65. The van der Waals surface area contributed by atoms with Gasteiger partial charge in [0, 0.05) is 5.56 Å². The van der Waals surface area contributed by atoms with E-state index >= 15 is 0 Å². The number of carbonyl (C=O) groups excluding carboxylic acids is 2. The van der Waals surface area contributed by atoms with Crippen LogP contribution < -0.4 is 4.74 Å². The number of thioether (sulfide) groups is 1. The molecule has 0 saturated carbocycles. The molecule has 1 aromatic rings. The molecule has 1 fully saturated rings. The van der Waals surface area contributed by atoms with E-state index in [1.54, 1.807) is 18.1 Å². The Balaban J connectivity index is 2.28. The lowest BCUT2D eigenvalue weighted by atomic mass is 10.2. The van der Waals surface area contributed by atoms with E-state index in [1.165, 1.54) is 4.90 Å². The second kappa shape index (κ2) is 6.11. The molecule has 1 aromatic carbocycles. The standard InChI is InChI=1S/C14H16N2O3S/c1-15(2)9-16-13(17)12(20-14(16)18)8-10-6-4-5-7-11(10)19-3/h4-8H,9H2,1-3H3. The van der Waals surface area contributed by atoms with Gasteiger partial charge in [0.05, 0.1) is 18.7 Å². The number of ether oxygens (including phenoxy) is 1. The number of hydrogen-bond acceptors (Lipinski definition) is 5. The maximum Gasteiger partial charge on any atom is 0.294 e. The van der Waals surface area contributed by atoms with Crippen molar-refractivity contribution in [3.8, 4) is 5.75 Å². The summed E-state index contributed by atoms with van der Waals surface area (Å²) >= 11 is 0.954. The van der Waals surface area contributed by atoms with E-state index in [-0.39, 0.29) is 17.8 Å². The number of hydrogen-bond donors (Lipinski definition) is 0. The summed E-state index contributed by atoms with van der Waals surface area (Å²) < 4.78 is 5.24. The van der Waals surface area contributed by atoms with Gasteiger partial charge in [0.15, 0.2) is 0 Å². The fourth-order valence-electron chi connectivity index (χ4n) is 1.83. The van der Waals surface area contributed by atoms with Gasteiger partial charge >= 0.3 is 0 Å². The summed E-state index contributed by atoms with van der Waals surface area (Å²) in [6.07, 6.45) is 1.69. The van der Waals surface area contributed by atoms with Gasteiger partial charge in [-0.25, -0.2) is 0 Å². The lowest BCUT2D eigenvalue weighted by molar-refractivity contribution is -0.123. The third-order valence-electron chi connectivity index (χ3n) is 2.72. The van der Waals surface area contributed by atoms with Crippen LogP contribution in [0.5, 0.6) is 5.75 Å². The molecular weight excluding hydrogens is 276 g/mol. The number of amides is 2. The van der Waals surface area contributed by atoms with Gasteiger partial charge in [-0.1, -0.05) is 18.2 Å². The molecule has 0 atom stereocenters. The minimum Gasteiger partial charge on any atom is -0.496 e. The molecule has 0 N–H and O–H groups in total. The van der Waals surface area contributed by atoms with Crippen molar-refractivity contribution in [1.29, 1.82) is 0 Å². The van der Waals surface area contributed by atoms with E-state index in [1.807, 2.05) is 38.4 Å². The van der Waals surface area contributed by atoms with Crippen LogP contribution in [0.2, 0.25) is 0 Å². The maximum absolute atomic E-state index is 12.2. The highest BCUT2D eigenvalue weighted by molar-refractivity contribution is 8.18. The quantitative estimate of drug-likeness (QED) is 0.797. The van der Waals surface area contributed by atoms with Gasteiger partial charge in [0.25, 0.3) is 11.1 Å². The molecule has 1 aliphatic rings. The van der Waals surface area contributed by atoms with Crippen molar-refractivity contribution in [2.75, 3.05) is 27.9 Å². The van der Waals surface area contributed by atoms with Crippen LogP contribution in [0.4, 0.5) is 4.79 Å². The molecule has 5 nitrogen and oxygen atoms in total. The fraction of sp³-hybridized carbons (Fsp3) is 0.286. The van der Waals surface area contributed by atoms with Crippen molar-refractivity contribution in [3.05, 3.63) is 34.7 Å². The van der Waals surface area contributed by atoms with E-state index in [9.17, 15) is 9.59 Å². The highest BCUT2D eigenvalue weighted by atomic mass is 32.2. The summed E-state index contributed by atoms with van der Waals surface area (Å²) in [6.45, 7) is 0.286. The maximum atomic E-state index is 12.2. The first-order valence-electron chi connectivity index (χ1n) is 6.06. The predicted molar refractivity (Wildman–Crippen MR) is 79.4 cm³/mol. The molecule has 1 heterocycles. The smallest absolute Gasteiger partial charge is 0.294 e. The molecule has 0 radical (unpaired) electrons. The first-order valence-corrected chi connectivity index (χ1v) is 6.87. The highest BCUT2D eigenvalue weighted by Gasteiger charge is 2.35. The van der Waals surface area contributed by atoms with Crippen molar-refractivity contribution >= 4 is 29.0 Å². The van der Waals surface area contributed by atoms with Crippen LogP contribution in [0.1, 0.15) is 5.56 Å². The number of benzene rings is 1. The Bertz CT molecular complexity index is 569. The van der Waals surface area contributed by atoms with Gasteiger partial charge in [-0.2, -0.15) is 0 Å². The molecule has 0 bridgehead atoms. The first kappa shape index (κ1) is 14.6. The normalized spacial score (nSPS) is 17.4. The zero-order valence-electron chi connectivity index (χ0n) is 11.6. The molecule has 106 valence electrons. The topological polar surface area (TPSA) is 49.9 Å². The molecule has 20 heavy (non-hydrogen) atoms. The van der Waals surface area contributed by atoms with E-state index in [0.717, 1.165) is 17.3 Å². The van der Waals surface area contributed by atoms with Crippen LogP contribution in [-0.2, 0) is 4.79 Å². The number of imide groups is 1. The lowest BCUT2D eigenvalue weighted by Crippen LogP contribution is -2.36. The van der Waals surface area contributed by atoms with Crippen LogP contribution in [0.15, 0.2) is 29.2 Å². The Kier molecular flexibility index (Phi) is 4.46. The number of methoxy groups -OCH3 is 1. The van der Waals surface area contributed by atoms with Gasteiger partial charge in [-0.15, -0.1) is 0 Å². The highest BCUT2D eigenvalue weighted by Crippen LogP contribution is 2.33. The minimum atomic E-state index is -0.264. The molecule has 0 aliphatic carbocycles. The molecule has 0 unspecified atom stereocenters. The Morgan fingerprint density at radius 3 is 2.65 bits per heavy atom. The summed E-state index contributed by atoms with van der Waals surface area (Å²) in [4.78, 5) is 27.5. The molecule has 6 heteroatoms. The Labute approximate surface area is 122 Å².